The Morgan fingerprint density at radius 2 is 2.14 bits per heavy atom. The Bertz CT molecular complexity index is 556. The van der Waals surface area contributed by atoms with Crippen LogP contribution in [0.25, 0.3) is 0 Å². The number of nitro groups is 1. The first-order valence-electron chi connectivity index (χ1n) is 6.32. The van der Waals surface area contributed by atoms with Crippen LogP contribution in [0.4, 0.5) is 10.5 Å². The molecular weight excluding hydrogens is 280 g/mol. The molecule has 1 aromatic rings. The van der Waals surface area contributed by atoms with Crippen molar-refractivity contribution < 1.29 is 24.0 Å². The first kappa shape index (κ1) is 14.8. The molecule has 1 N–H and O–H groups in total. The lowest BCUT2D eigenvalue weighted by atomic mass is 9.96. The van der Waals surface area contributed by atoms with Crippen LogP contribution in [0.2, 0.25) is 0 Å². The fraction of sp³-hybridized carbons (Fsp3) is 0.385. The van der Waals surface area contributed by atoms with Gasteiger partial charge in [0.15, 0.2) is 0 Å². The van der Waals surface area contributed by atoms with E-state index in [-0.39, 0.29) is 24.1 Å². The Balaban J connectivity index is 1.78. The quantitative estimate of drug-likeness (QED) is 0.380. The van der Waals surface area contributed by atoms with Crippen molar-refractivity contribution in [1.29, 1.82) is 0 Å². The van der Waals surface area contributed by atoms with Gasteiger partial charge in [-0.1, -0.05) is 0 Å². The molecule has 21 heavy (non-hydrogen) atoms. The fourth-order valence-electron chi connectivity index (χ4n) is 1.81. The number of non-ortho nitro benzene ring substituents is 1. The highest BCUT2D eigenvalue weighted by molar-refractivity contribution is 5.85. The molecule has 1 heterocycles. The zero-order valence-corrected chi connectivity index (χ0v) is 11.3. The summed E-state index contributed by atoms with van der Waals surface area (Å²) in [5.41, 5.74) is 0.567. The van der Waals surface area contributed by atoms with Crippen LogP contribution >= 0.6 is 0 Å². The molecule has 2 atom stereocenters. The summed E-state index contributed by atoms with van der Waals surface area (Å²) in [6.45, 7) is 2.05. The summed E-state index contributed by atoms with van der Waals surface area (Å²) < 4.78 is 9.87. The summed E-state index contributed by atoms with van der Waals surface area (Å²) in [7, 11) is 0. The Hall–Kier alpha value is -2.64. The molecule has 8 nitrogen and oxygen atoms in total. The van der Waals surface area contributed by atoms with Crippen molar-refractivity contribution in [3.05, 3.63) is 39.9 Å². The minimum Gasteiger partial charge on any atom is -0.430 e. The molecule has 0 bridgehead atoms. The fourth-order valence-corrected chi connectivity index (χ4v) is 1.81. The second-order valence-electron chi connectivity index (χ2n) is 4.64. The number of nitrogens with zero attached hydrogens (tertiary/aromatic N) is 1. The molecule has 1 saturated heterocycles. The van der Waals surface area contributed by atoms with Gasteiger partial charge in [0.1, 0.15) is 12.7 Å². The van der Waals surface area contributed by atoms with E-state index in [0.29, 0.717) is 12.1 Å². The molecule has 0 saturated carbocycles. The largest absolute Gasteiger partial charge is 0.508 e. The molecule has 1 aromatic carbocycles. The van der Waals surface area contributed by atoms with Crippen molar-refractivity contribution >= 4 is 17.7 Å². The number of carbonyl (C=O) groups is 2. The van der Waals surface area contributed by atoms with Gasteiger partial charge in [-0.3, -0.25) is 14.9 Å². The topological polar surface area (TPSA) is 108 Å². The van der Waals surface area contributed by atoms with E-state index >= 15 is 0 Å². The molecular formula is C13H14N2O6. The van der Waals surface area contributed by atoms with Crippen molar-refractivity contribution in [2.75, 3.05) is 6.54 Å². The van der Waals surface area contributed by atoms with E-state index < -0.39 is 17.2 Å². The number of carbonyl (C=O) groups excluding carboxylic acids is 2. The zero-order valence-electron chi connectivity index (χ0n) is 11.3. The SMILES string of the molecule is CC(OC(=O)OCc1ccc([N+](=O)[O-])cc1)C1CNC1=O. The molecule has 0 aliphatic carbocycles. The van der Waals surface area contributed by atoms with E-state index in [9.17, 15) is 19.7 Å². The number of amides is 1. The maximum atomic E-state index is 11.5. The first-order chi connectivity index (χ1) is 9.97. The van der Waals surface area contributed by atoms with Gasteiger partial charge >= 0.3 is 6.16 Å². The molecule has 2 rings (SSSR count). The zero-order chi connectivity index (χ0) is 15.4. The first-order valence-corrected chi connectivity index (χ1v) is 6.32. The molecule has 0 spiro atoms. The van der Waals surface area contributed by atoms with Gasteiger partial charge in [-0.2, -0.15) is 0 Å². The molecule has 1 fully saturated rings. The number of hydrogen-bond acceptors (Lipinski definition) is 6. The highest BCUT2D eigenvalue weighted by atomic mass is 16.7. The van der Waals surface area contributed by atoms with Crippen molar-refractivity contribution in [3.63, 3.8) is 0 Å². The van der Waals surface area contributed by atoms with Crippen molar-refractivity contribution in [2.45, 2.75) is 19.6 Å². The Morgan fingerprint density at radius 3 is 2.62 bits per heavy atom. The van der Waals surface area contributed by atoms with Crippen LogP contribution in [0.5, 0.6) is 0 Å². The molecule has 1 aliphatic rings. The van der Waals surface area contributed by atoms with Crippen molar-refractivity contribution in [3.8, 4) is 0 Å². The van der Waals surface area contributed by atoms with Crippen LogP contribution in [0.3, 0.4) is 0 Å². The van der Waals surface area contributed by atoms with E-state index in [0.717, 1.165) is 0 Å². The number of ether oxygens (including phenoxy) is 2. The van der Waals surface area contributed by atoms with Crippen LogP contribution < -0.4 is 5.32 Å². The van der Waals surface area contributed by atoms with Crippen LogP contribution in [0, 0.1) is 16.0 Å². The maximum absolute atomic E-state index is 11.5. The Kier molecular flexibility index (Phi) is 4.36. The number of hydrogen-bond donors (Lipinski definition) is 1. The highest BCUT2D eigenvalue weighted by Gasteiger charge is 2.35. The minimum atomic E-state index is -0.874. The van der Waals surface area contributed by atoms with E-state index in [4.69, 9.17) is 9.47 Å². The number of nitrogens with one attached hydrogen (secondary N) is 1. The number of β-lactam (4-membered cyclic amide) rings is 1. The predicted molar refractivity (Wildman–Crippen MR) is 70.3 cm³/mol. The molecule has 112 valence electrons. The summed E-state index contributed by atoms with van der Waals surface area (Å²) >= 11 is 0. The lowest BCUT2D eigenvalue weighted by Crippen LogP contribution is -2.54. The third-order valence-corrected chi connectivity index (χ3v) is 3.19. The van der Waals surface area contributed by atoms with Crippen LogP contribution in [0.1, 0.15) is 12.5 Å². The molecule has 2 unspecified atom stereocenters. The van der Waals surface area contributed by atoms with Gasteiger partial charge in [0.05, 0.1) is 10.8 Å². The monoisotopic (exact) mass is 294 g/mol. The molecule has 0 aromatic heterocycles. The number of rotatable bonds is 5. The van der Waals surface area contributed by atoms with Crippen molar-refractivity contribution in [1.82, 2.24) is 5.32 Å². The van der Waals surface area contributed by atoms with Gasteiger partial charge in [0.2, 0.25) is 5.91 Å². The summed E-state index contributed by atoms with van der Waals surface area (Å²) in [5, 5.41) is 13.1. The molecule has 1 aliphatic heterocycles. The lowest BCUT2D eigenvalue weighted by Gasteiger charge is -2.30. The highest BCUT2D eigenvalue weighted by Crippen LogP contribution is 2.16. The van der Waals surface area contributed by atoms with Gasteiger partial charge in [0, 0.05) is 18.7 Å². The van der Waals surface area contributed by atoms with Gasteiger partial charge in [0.25, 0.3) is 5.69 Å². The Morgan fingerprint density at radius 1 is 1.48 bits per heavy atom. The summed E-state index contributed by atoms with van der Waals surface area (Å²) in [5.74, 6) is -0.484. The molecule has 0 radical (unpaired) electrons. The summed E-state index contributed by atoms with van der Waals surface area (Å²) in [6, 6.07) is 5.64. The molecule has 1 amide bonds. The van der Waals surface area contributed by atoms with Crippen molar-refractivity contribution in [2.24, 2.45) is 5.92 Å². The third-order valence-electron chi connectivity index (χ3n) is 3.19. The second kappa shape index (κ2) is 6.21. The van der Waals surface area contributed by atoms with Gasteiger partial charge in [-0.25, -0.2) is 4.79 Å². The summed E-state index contributed by atoms with van der Waals surface area (Å²) in [4.78, 5) is 32.6. The van der Waals surface area contributed by atoms with E-state index in [1.54, 1.807) is 6.92 Å². The standard InChI is InChI=1S/C13H14N2O6/c1-8(11-6-14-12(11)16)21-13(17)20-7-9-2-4-10(5-3-9)15(18)19/h2-5,8,11H,6-7H2,1H3,(H,14,16). The average Bonchev–Trinajstić information content (AvgIpc) is 2.43. The second-order valence-corrected chi connectivity index (χ2v) is 4.64. The van der Waals surface area contributed by atoms with E-state index in [2.05, 4.69) is 5.32 Å². The van der Waals surface area contributed by atoms with E-state index in [1.807, 2.05) is 0 Å². The van der Waals surface area contributed by atoms with Crippen LogP contribution in [0.15, 0.2) is 24.3 Å². The maximum Gasteiger partial charge on any atom is 0.508 e. The van der Waals surface area contributed by atoms with Crippen LogP contribution in [-0.2, 0) is 20.9 Å². The van der Waals surface area contributed by atoms with Gasteiger partial charge < -0.3 is 14.8 Å². The minimum absolute atomic E-state index is 0.0362. The van der Waals surface area contributed by atoms with Gasteiger partial charge in [-0.05, 0) is 24.6 Å². The lowest BCUT2D eigenvalue weighted by molar-refractivity contribution is -0.384. The number of nitro benzene ring substituents is 1. The number of benzene rings is 1. The third kappa shape index (κ3) is 3.68. The summed E-state index contributed by atoms with van der Waals surface area (Å²) in [6.07, 6.45) is -1.43. The molecule has 8 heteroatoms. The van der Waals surface area contributed by atoms with E-state index in [1.165, 1.54) is 24.3 Å². The predicted octanol–water partition coefficient (Wildman–Crippen LogP) is 1.38. The average molecular weight is 294 g/mol. The Labute approximate surface area is 120 Å². The smallest absolute Gasteiger partial charge is 0.430 e. The normalized spacial score (nSPS) is 18.1. The van der Waals surface area contributed by atoms with Gasteiger partial charge in [-0.15, -0.1) is 0 Å². The van der Waals surface area contributed by atoms with Crippen LogP contribution in [-0.4, -0.2) is 29.6 Å².